The van der Waals surface area contributed by atoms with Crippen LogP contribution in [0.2, 0.25) is 0 Å². The minimum absolute atomic E-state index is 0.113. The van der Waals surface area contributed by atoms with Crippen LogP contribution >= 0.6 is 23.1 Å². The van der Waals surface area contributed by atoms with Crippen molar-refractivity contribution in [2.75, 3.05) is 18.8 Å². The summed E-state index contributed by atoms with van der Waals surface area (Å²) < 4.78 is 4.56. The fourth-order valence-corrected chi connectivity index (χ4v) is 7.34. The first-order valence-corrected chi connectivity index (χ1v) is 15.3. The Morgan fingerprint density at radius 3 is 2.57 bits per heavy atom. The molecule has 3 aliphatic rings. The molecule has 3 fully saturated rings. The van der Waals surface area contributed by atoms with E-state index in [0.717, 1.165) is 40.9 Å². The predicted octanol–water partition coefficient (Wildman–Crippen LogP) is 1.19. The molecule has 0 spiro atoms. The van der Waals surface area contributed by atoms with Crippen LogP contribution in [-0.4, -0.2) is 98.0 Å². The number of hydrogen-bond donors (Lipinski definition) is 2. The molecule has 0 aliphatic carbocycles. The van der Waals surface area contributed by atoms with Gasteiger partial charge in [0.2, 0.25) is 10.8 Å². The van der Waals surface area contributed by atoms with Gasteiger partial charge < -0.3 is 20.1 Å². The Morgan fingerprint density at radius 1 is 1.29 bits per heavy atom. The molecule has 2 radical (unpaired) electrons. The van der Waals surface area contributed by atoms with Crippen molar-refractivity contribution < 1.29 is 33.5 Å². The molecule has 0 unspecified atom stereocenters. The molecule has 3 saturated heterocycles. The molecule has 0 aromatic carbocycles. The van der Waals surface area contributed by atoms with Gasteiger partial charge in [0.1, 0.15) is 5.69 Å². The van der Waals surface area contributed by atoms with Gasteiger partial charge >= 0.3 is 20.0 Å². The van der Waals surface area contributed by atoms with Crippen LogP contribution < -0.4 is 11.6 Å². The number of thioether (sulfide) groups is 1. The number of carbonyl (C=O) groups is 5. The lowest BCUT2D eigenvalue weighted by Crippen LogP contribution is -2.60. The Hall–Kier alpha value is -3.18. The topological polar surface area (TPSA) is 191 Å². The minimum Gasteiger partial charge on any atom is -0.541 e. The largest absolute Gasteiger partial charge is 0.541 e. The summed E-state index contributed by atoms with van der Waals surface area (Å²) in [7, 11) is 5.24. The fraction of sp³-hybridized carbons (Fsp3) is 0.640. The first-order valence-electron chi connectivity index (χ1n) is 13.6. The van der Waals surface area contributed by atoms with Crippen LogP contribution in [0.4, 0.5) is 9.93 Å². The third kappa shape index (κ3) is 5.73. The van der Waals surface area contributed by atoms with Gasteiger partial charge in [-0.25, -0.2) is 15.6 Å². The maximum absolute atomic E-state index is 13.6. The number of β-lactam (4-membered cyclic amide) rings is 1. The monoisotopic (exact) mass is 619 g/mol. The van der Waals surface area contributed by atoms with Gasteiger partial charge in [-0.2, -0.15) is 0 Å². The van der Waals surface area contributed by atoms with Gasteiger partial charge in [-0.15, -0.1) is 11.3 Å². The molecule has 4 atom stereocenters. The Kier molecular flexibility index (Phi) is 9.23. The third-order valence-electron chi connectivity index (χ3n) is 7.67. The number of aromatic nitrogens is 1. The lowest BCUT2D eigenvalue weighted by atomic mass is 9.90. The van der Waals surface area contributed by atoms with Crippen LogP contribution in [0.3, 0.4) is 0 Å². The van der Waals surface area contributed by atoms with E-state index in [2.05, 4.69) is 14.8 Å². The summed E-state index contributed by atoms with van der Waals surface area (Å²) in [4.78, 5) is 76.1. The Labute approximate surface area is 252 Å². The molecule has 226 valence electrons. The number of hydrazine groups is 1. The van der Waals surface area contributed by atoms with Gasteiger partial charge in [0.25, 0.3) is 0 Å². The number of Topliss-reactive ketones (excluding diaryl/α,β-unsaturated/α-hetero) is 2. The number of anilines is 1. The van der Waals surface area contributed by atoms with Gasteiger partial charge in [0.15, 0.2) is 28.0 Å². The highest BCUT2D eigenvalue weighted by molar-refractivity contribution is 8.02. The van der Waals surface area contributed by atoms with Crippen molar-refractivity contribution in [3.05, 3.63) is 11.1 Å². The van der Waals surface area contributed by atoms with E-state index in [1.54, 1.807) is 20.8 Å². The van der Waals surface area contributed by atoms with Gasteiger partial charge in [0, 0.05) is 24.8 Å². The summed E-state index contributed by atoms with van der Waals surface area (Å²) in [5, 5.41) is 6.15. The quantitative estimate of drug-likeness (QED) is 0.0613. The molecule has 3 amide bonds. The molecule has 0 saturated carbocycles. The highest BCUT2D eigenvalue weighted by Crippen LogP contribution is 2.53. The smallest absolute Gasteiger partial charge is 0.378 e. The minimum atomic E-state index is -1.63. The number of ketones is 2. The van der Waals surface area contributed by atoms with Crippen molar-refractivity contribution in [1.29, 1.82) is 0 Å². The number of fused-ring (bicyclic) bond motifs is 1. The van der Waals surface area contributed by atoms with E-state index in [4.69, 9.17) is 24.5 Å². The van der Waals surface area contributed by atoms with E-state index in [0.29, 0.717) is 12.8 Å². The first-order chi connectivity index (χ1) is 19.8. The van der Waals surface area contributed by atoms with Crippen LogP contribution in [0.1, 0.15) is 65.5 Å². The number of nitrogen functional groups attached to an aromatic ring is 1. The summed E-state index contributed by atoms with van der Waals surface area (Å²) in [6.45, 7) is 6.84. The molecule has 3 aliphatic heterocycles. The Morgan fingerprint density at radius 2 is 2.00 bits per heavy atom. The van der Waals surface area contributed by atoms with Crippen molar-refractivity contribution in [1.82, 2.24) is 19.8 Å². The average molecular weight is 620 g/mol. The average Bonchev–Trinajstić information content (AvgIpc) is 3.62. The first kappa shape index (κ1) is 31.8. The van der Waals surface area contributed by atoms with E-state index < -0.39 is 45.6 Å². The summed E-state index contributed by atoms with van der Waals surface area (Å²) in [5.41, 5.74) is 4.46. The highest BCUT2D eigenvalue weighted by atomic mass is 32.2. The molecule has 42 heavy (non-hydrogen) atoms. The van der Waals surface area contributed by atoms with E-state index >= 15 is 0 Å². The Bertz CT molecular complexity index is 1310. The Balaban J connectivity index is 1.54. The van der Waals surface area contributed by atoms with Gasteiger partial charge in [-0.3, -0.25) is 29.1 Å². The summed E-state index contributed by atoms with van der Waals surface area (Å²) in [6, 6.07) is -1.00. The molecule has 1 aromatic rings. The van der Waals surface area contributed by atoms with Crippen LogP contribution in [0.25, 0.3) is 0 Å². The maximum Gasteiger partial charge on any atom is 0.378 e. The second kappa shape index (κ2) is 12.2. The number of hydrogen-bond acceptors (Lipinski definition) is 13. The predicted molar refractivity (Wildman–Crippen MR) is 156 cm³/mol. The summed E-state index contributed by atoms with van der Waals surface area (Å²) >= 11 is 2.11. The zero-order valence-corrected chi connectivity index (χ0v) is 25.5. The molecular weight excluding hydrogens is 585 g/mol. The maximum atomic E-state index is 13.6. The van der Waals surface area contributed by atoms with E-state index in [1.807, 2.05) is 6.92 Å². The number of rotatable bonds is 13. The lowest BCUT2D eigenvalue weighted by Gasteiger charge is -2.40. The van der Waals surface area contributed by atoms with E-state index in [9.17, 15) is 24.0 Å². The number of oxime groups is 1. The number of unbranched alkanes of at least 4 members (excludes halogenated alkanes) is 2. The van der Waals surface area contributed by atoms with Gasteiger partial charge in [-0.05, 0) is 27.2 Å². The summed E-state index contributed by atoms with van der Waals surface area (Å²) in [5.74, 6) is 2.98. The molecule has 4 N–H and O–H groups in total. The zero-order chi connectivity index (χ0) is 31.0. The van der Waals surface area contributed by atoms with E-state index in [-0.39, 0.29) is 47.7 Å². The van der Waals surface area contributed by atoms with Crippen molar-refractivity contribution in [2.24, 2.45) is 16.9 Å². The van der Waals surface area contributed by atoms with Crippen molar-refractivity contribution in [3.8, 4) is 0 Å². The summed E-state index contributed by atoms with van der Waals surface area (Å²) in [6.07, 6.45) is 2.59. The molecule has 14 nitrogen and oxygen atoms in total. The standard InChI is InChI=1S/C25H34BN7O7S2/c1-5-6-7-8-17(35)24(3,4)40-30-18(15-11-41-22(27)29-15)16(34)9-14-19(36)31-12-25(21(37)39-26,42-20(14)31)32-10-13(2)33(28)23(32)38/h11,13-14,20H,5-10,12,28H2,1-4H3,(H2,27,29)/b30-18-/t13-,14-,20-,25-/m1/s1. The van der Waals surface area contributed by atoms with Crippen molar-refractivity contribution in [3.63, 3.8) is 0 Å². The zero-order valence-electron chi connectivity index (χ0n) is 23.9. The molecule has 17 heteroatoms. The number of nitrogens with two attached hydrogens (primary N) is 2. The number of carbonyl (C=O) groups excluding carboxylic acids is 5. The lowest BCUT2D eigenvalue weighted by molar-refractivity contribution is -0.153. The molecule has 4 heterocycles. The van der Waals surface area contributed by atoms with Crippen LogP contribution in [0.5, 0.6) is 0 Å². The number of amides is 3. The van der Waals surface area contributed by atoms with Crippen molar-refractivity contribution >= 4 is 71.5 Å². The second-order valence-electron chi connectivity index (χ2n) is 11.0. The SMILES string of the molecule is [B]OC(=O)[C@@]1(N2C[C@@H](C)N(N)C2=O)CN2C(=O)[C@@H](CC(=O)/C(=N\OC(C)(C)C(=O)CCCCC)c3csc(N)n3)[C@H]2S1. The molecule has 1 aromatic heterocycles. The van der Waals surface area contributed by atoms with Crippen molar-refractivity contribution in [2.45, 2.75) is 81.7 Å². The number of nitrogens with zero attached hydrogens (tertiary/aromatic N) is 5. The van der Waals surface area contributed by atoms with Gasteiger partial charge in [0.05, 0.1) is 23.9 Å². The molecule has 4 rings (SSSR count). The third-order valence-corrected chi connectivity index (χ3v) is 10.1. The number of urea groups is 1. The normalized spacial score (nSPS) is 25.9. The second-order valence-corrected chi connectivity index (χ2v) is 13.3. The fourth-order valence-electron chi connectivity index (χ4n) is 5.07. The van der Waals surface area contributed by atoms with E-state index in [1.165, 1.54) is 15.2 Å². The van der Waals surface area contributed by atoms with Gasteiger partial charge in [-0.1, -0.05) is 36.7 Å². The highest BCUT2D eigenvalue weighted by Gasteiger charge is 2.66. The van der Waals surface area contributed by atoms with Crippen LogP contribution in [0.15, 0.2) is 10.5 Å². The molecular formula is C25H34BN7O7S2. The van der Waals surface area contributed by atoms with Crippen LogP contribution in [-0.2, 0) is 28.7 Å². The molecule has 0 bridgehead atoms. The van der Waals surface area contributed by atoms with Crippen LogP contribution in [0, 0.1) is 5.92 Å². The number of thiazole rings is 1.